The van der Waals surface area contributed by atoms with Crippen LogP contribution in [-0.4, -0.2) is 16.6 Å². The highest BCUT2D eigenvalue weighted by Crippen LogP contribution is 2.33. The summed E-state index contributed by atoms with van der Waals surface area (Å²) >= 11 is 11.8. The fourth-order valence-corrected chi connectivity index (χ4v) is 1.96. The minimum Gasteiger partial charge on any atom is -0.476 e. The van der Waals surface area contributed by atoms with E-state index in [4.69, 9.17) is 38.4 Å². The molecule has 2 aromatic rings. The zero-order chi connectivity index (χ0) is 14.5. The molecule has 0 saturated carbocycles. The molecule has 1 aromatic heterocycles. The van der Waals surface area contributed by atoms with Crippen LogP contribution in [0.25, 0.3) is 0 Å². The van der Waals surface area contributed by atoms with Gasteiger partial charge in [0, 0.05) is 10.0 Å². The van der Waals surface area contributed by atoms with Crippen molar-refractivity contribution < 1.29 is 9.47 Å². The van der Waals surface area contributed by atoms with Gasteiger partial charge in [-0.15, -0.1) is 0 Å². The molecule has 0 bridgehead atoms. The minimum atomic E-state index is 0.199. The van der Waals surface area contributed by atoms with Crippen molar-refractivity contribution in [2.24, 2.45) is 0 Å². The molecule has 0 spiro atoms. The summed E-state index contributed by atoms with van der Waals surface area (Å²) in [6.07, 6.45) is 2.17. The van der Waals surface area contributed by atoms with Gasteiger partial charge in [-0.05, 0) is 24.6 Å². The number of nitrogen functional groups attached to an aromatic ring is 1. The van der Waals surface area contributed by atoms with E-state index in [1.165, 1.54) is 6.33 Å². The largest absolute Gasteiger partial charge is 0.476 e. The van der Waals surface area contributed by atoms with Gasteiger partial charge < -0.3 is 15.2 Å². The smallest absolute Gasteiger partial charge is 0.249 e. The van der Waals surface area contributed by atoms with Crippen molar-refractivity contribution in [3.63, 3.8) is 0 Å². The first-order valence-electron chi connectivity index (χ1n) is 5.97. The number of aromatic nitrogens is 2. The standard InChI is InChI=1S/C13H13Cl2N3O2/c1-2-3-19-12-11(16)13(18-7-17-12)20-10-5-8(14)4-9(15)6-10/h4-7H,2-3,16H2,1H3. The summed E-state index contributed by atoms with van der Waals surface area (Å²) in [6, 6.07) is 4.83. The van der Waals surface area contributed by atoms with Crippen LogP contribution >= 0.6 is 23.2 Å². The zero-order valence-corrected chi connectivity index (χ0v) is 12.3. The number of nitrogens with two attached hydrogens (primary N) is 1. The molecule has 0 fully saturated rings. The molecule has 0 atom stereocenters. The number of hydrogen-bond acceptors (Lipinski definition) is 5. The number of anilines is 1. The Bertz CT molecular complexity index is 588. The van der Waals surface area contributed by atoms with Gasteiger partial charge >= 0.3 is 0 Å². The Morgan fingerprint density at radius 1 is 1.10 bits per heavy atom. The van der Waals surface area contributed by atoms with Crippen LogP contribution in [-0.2, 0) is 0 Å². The van der Waals surface area contributed by atoms with E-state index in [-0.39, 0.29) is 11.6 Å². The van der Waals surface area contributed by atoms with Crippen molar-refractivity contribution in [3.8, 4) is 17.5 Å². The van der Waals surface area contributed by atoms with Gasteiger partial charge in [-0.3, -0.25) is 0 Å². The molecule has 0 radical (unpaired) electrons. The van der Waals surface area contributed by atoms with Gasteiger partial charge in [-0.25, -0.2) is 0 Å². The minimum absolute atomic E-state index is 0.199. The predicted octanol–water partition coefficient (Wildman–Crippen LogP) is 3.95. The molecule has 0 saturated heterocycles. The average Bonchev–Trinajstić information content (AvgIpc) is 2.38. The monoisotopic (exact) mass is 313 g/mol. The average molecular weight is 314 g/mol. The molecule has 0 aliphatic rings. The van der Waals surface area contributed by atoms with E-state index < -0.39 is 0 Å². The first-order valence-corrected chi connectivity index (χ1v) is 6.73. The summed E-state index contributed by atoms with van der Waals surface area (Å²) in [4.78, 5) is 7.94. The van der Waals surface area contributed by atoms with Crippen molar-refractivity contribution in [2.75, 3.05) is 12.3 Å². The first-order chi connectivity index (χ1) is 9.60. The Morgan fingerprint density at radius 2 is 1.75 bits per heavy atom. The number of hydrogen-bond donors (Lipinski definition) is 1. The molecule has 0 aliphatic carbocycles. The molecule has 0 aliphatic heterocycles. The van der Waals surface area contributed by atoms with Crippen LogP contribution in [0.5, 0.6) is 17.5 Å². The number of halogens is 2. The topological polar surface area (TPSA) is 70.3 Å². The number of ether oxygens (including phenoxy) is 2. The van der Waals surface area contributed by atoms with Crippen molar-refractivity contribution in [1.29, 1.82) is 0 Å². The summed E-state index contributed by atoms with van der Waals surface area (Å²) in [5.41, 5.74) is 6.14. The fourth-order valence-electron chi connectivity index (χ4n) is 1.46. The van der Waals surface area contributed by atoms with Gasteiger partial charge in [0.05, 0.1) is 6.61 Å². The lowest BCUT2D eigenvalue weighted by Crippen LogP contribution is -2.04. The van der Waals surface area contributed by atoms with Crippen molar-refractivity contribution >= 4 is 28.9 Å². The maximum Gasteiger partial charge on any atom is 0.249 e. The fraction of sp³-hybridized carbons (Fsp3) is 0.231. The van der Waals surface area contributed by atoms with E-state index in [2.05, 4.69) is 9.97 Å². The van der Waals surface area contributed by atoms with Crippen LogP contribution in [0.15, 0.2) is 24.5 Å². The molecule has 0 amide bonds. The number of rotatable bonds is 5. The lowest BCUT2D eigenvalue weighted by Gasteiger charge is -2.11. The molecule has 0 unspecified atom stereocenters. The highest BCUT2D eigenvalue weighted by molar-refractivity contribution is 6.34. The molecule has 2 N–H and O–H groups in total. The van der Waals surface area contributed by atoms with Gasteiger partial charge in [0.1, 0.15) is 12.1 Å². The maximum absolute atomic E-state index is 5.91. The van der Waals surface area contributed by atoms with Gasteiger partial charge in [-0.2, -0.15) is 9.97 Å². The Kier molecular flexibility index (Phi) is 4.87. The lowest BCUT2D eigenvalue weighted by atomic mass is 10.3. The van der Waals surface area contributed by atoms with E-state index in [0.717, 1.165) is 6.42 Å². The summed E-state index contributed by atoms with van der Waals surface area (Å²) < 4.78 is 11.0. The molecule has 106 valence electrons. The molecular formula is C13H13Cl2N3O2. The summed E-state index contributed by atoms with van der Waals surface area (Å²) in [5, 5.41) is 0.921. The van der Waals surface area contributed by atoms with Crippen molar-refractivity contribution in [1.82, 2.24) is 9.97 Å². The van der Waals surface area contributed by atoms with Gasteiger partial charge in [0.25, 0.3) is 0 Å². The normalized spacial score (nSPS) is 10.3. The molecule has 20 heavy (non-hydrogen) atoms. The van der Waals surface area contributed by atoms with Crippen LogP contribution in [0, 0.1) is 0 Å². The summed E-state index contributed by atoms with van der Waals surface area (Å²) in [7, 11) is 0. The van der Waals surface area contributed by atoms with E-state index in [0.29, 0.717) is 28.3 Å². The molecule has 1 aromatic carbocycles. The molecule has 1 heterocycles. The Labute approximate surface area is 126 Å². The number of benzene rings is 1. The van der Waals surface area contributed by atoms with E-state index in [1.54, 1.807) is 18.2 Å². The third-order valence-corrected chi connectivity index (χ3v) is 2.74. The second kappa shape index (κ2) is 6.63. The summed E-state index contributed by atoms with van der Waals surface area (Å²) in [5.74, 6) is 0.934. The molecular weight excluding hydrogens is 301 g/mol. The zero-order valence-electron chi connectivity index (χ0n) is 10.8. The third kappa shape index (κ3) is 3.65. The highest BCUT2D eigenvalue weighted by atomic mass is 35.5. The van der Waals surface area contributed by atoms with Crippen LogP contribution in [0.1, 0.15) is 13.3 Å². The van der Waals surface area contributed by atoms with E-state index in [1.807, 2.05) is 6.92 Å². The van der Waals surface area contributed by atoms with Gasteiger partial charge in [-0.1, -0.05) is 30.1 Å². The lowest BCUT2D eigenvalue weighted by molar-refractivity contribution is 0.304. The van der Waals surface area contributed by atoms with E-state index in [9.17, 15) is 0 Å². The Balaban J connectivity index is 2.24. The molecule has 2 rings (SSSR count). The van der Waals surface area contributed by atoms with Crippen molar-refractivity contribution in [2.45, 2.75) is 13.3 Å². The van der Waals surface area contributed by atoms with Crippen LogP contribution in [0.2, 0.25) is 10.0 Å². The third-order valence-electron chi connectivity index (χ3n) is 2.30. The molecule has 7 heteroatoms. The summed E-state index contributed by atoms with van der Waals surface area (Å²) in [6.45, 7) is 2.51. The molecule has 5 nitrogen and oxygen atoms in total. The van der Waals surface area contributed by atoms with Crippen LogP contribution in [0.4, 0.5) is 5.69 Å². The maximum atomic E-state index is 5.91. The van der Waals surface area contributed by atoms with Crippen LogP contribution in [0.3, 0.4) is 0 Å². The Morgan fingerprint density at radius 3 is 2.40 bits per heavy atom. The van der Waals surface area contributed by atoms with Crippen LogP contribution < -0.4 is 15.2 Å². The van der Waals surface area contributed by atoms with Crippen molar-refractivity contribution in [3.05, 3.63) is 34.6 Å². The predicted molar refractivity (Wildman–Crippen MR) is 78.8 cm³/mol. The first kappa shape index (κ1) is 14.7. The quantitative estimate of drug-likeness (QED) is 0.905. The van der Waals surface area contributed by atoms with Gasteiger partial charge in [0.15, 0.2) is 5.69 Å². The SMILES string of the molecule is CCCOc1ncnc(Oc2cc(Cl)cc(Cl)c2)c1N. The van der Waals surface area contributed by atoms with E-state index >= 15 is 0 Å². The highest BCUT2D eigenvalue weighted by Gasteiger charge is 2.12. The second-order valence-corrected chi connectivity index (χ2v) is 4.83. The number of nitrogens with zero attached hydrogens (tertiary/aromatic N) is 2. The second-order valence-electron chi connectivity index (χ2n) is 3.95. The Hall–Kier alpha value is -1.72. The van der Waals surface area contributed by atoms with Gasteiger partial charge in [0.2, 0.25) is 11.8 Å².